The van der Waals surface area contributed by atoms with Crippen molar-refractivity contribution < 1.29 is 18.0 Å². The number of benzene rings is 2. The molecular weight excluding hydrogens is 523 g/mol. The molecule has 0 unspecified atom stereocenters. The number of alkyl halides is 3. The molecule has 0 atom stereocenters. The lowest BCUT2D eigenvalue weighted by Gasteiger charge is -2.14. The monoisotopic (exact) mass is 543 g/mol. The van der Waals surface area contributed by atoms with Crippen molar-refractivity contribution in [1.82, 2.24) is 39.1 Å². The van der Waals surface area contributed by atoms with Gasteiger partial charge < -0.3 is 9.88 Å². The average Bonchev–Trinajstić information content (AvgIpc) is 3.68. The van der Waals surface area contributed by atoms with E-state index in [0.717, 1.165) is 17.7 Å². The molecule has 0 fully saturated rings. The molecule has 13 heteroatoms. The summed E-state index contributed by atoms with van der Waals surface area (Å²) in [6.45, 7) is 3.58. The van der Waals surface area contributed by atoms with Crippen molar-refractivity contribution in [2.75, 3.05) is 5.32 Å². The van der Waals surface area contributed by atoms with E-state index in [1.54, 1.807) is 60.5 Å². The van der Waals surface area contributed by atoms with Crippen LogP contribution in [0.4, 0.5) is 18.9 Å². The topological polar surface area (TPSA) is 108 Å². The lowest BCUT2D eigenvalue weighted by molar-refractivity contribution is -0.137. The highest BCUT2D eigenvalue weighted by atomic mass is 19.4. The molecule has 0 saturated heterocycles. The predicted molar refractivity (Wildman–Crippen MR) is 139 cm³/mol. The molecule has 200 valence electrons. The molecule has 0 bridgehead atoms. The van der Waals surface area contributed by atoms with E-state index in [1.165, 1.54) is 21.6 Å². The molecule has 4 heterocycles. The third-order valence-electron chi connectivity index (χ3n) is 6.26. The molecular formula is C27H20F3N9O. The molecule has 4 aromatic heterocycles. The van der Waals surface area contributed by atoms with E-state index in [2.05, 4.69) is 30.7 Å². The Hall–Kier alpha value is -5.33. The number of imidazole rings is 2. The number of hydrogen-bond acceptors (Lipinski definition) is 6. The Bertz CT molecular complexity index is 1880. The summed E-state index contributed by atoms with van der Waals surface area (Å²) < 4.78 is 45.5. The lowest BCUT2D eigenvalue weighted by atomic mass is 10.1. The quantitative estimate of drug-likeness (QED) is 0.326. The minimum absolute atomic E-state index is 0.00791. The van der Waals surface area contributed by atoms with Gasteiger partial charge in [-0.2, -0.15) is 18.3 Å². The first-order chi connectivity index (χ1) is 19.2. The molecule has 6 aromatic rings. The Kier molecular flexibility index (Phi) is 5.90. The van der Waals surface area contributed by atoms with Crippen LogP contribution >= 0.6 is 0 Å². The molecule has 10 nitrogen and oxygen atoms in total. The maximum absolute atomic E-state index is 13.6. The van der Waals surface area contributed by atoms with Crippen molar-refractivity contribution in [3.05, 3.63) is 102 Å². The van der Waals surface area contributed by atoms with E-state index in [9.17, 15) is 18.0 Å². The number of halogens is 3. The summed E-state index contributed by atoms with van der Waals surface area (Å²) in [6, 6.07) is 11.9. The van der Waals surface area contributed by atoms with Crippen molar-refractivity contribution in [2.45, 2.75) is 20.0 Å². The van der Waals surface area contributed by atoms with E-state index in [-0.39, 0.29) is 16.9 Å². The SMILES string of the molecule is Cc1cn(-c2cc(NC(=O)c3ccc(C)c(-n4cc(-c5cnc6cccnn56)nn4)c3)cc(C(F)(F)F)c2)cn1. The molecule has 0 aliphatic rings. The largest absolute Gasteiger partial charge is 0.416 e. The molecule has 2 aromatic carbocycles. The average molecular weight is 544 g/mol. The zero-order valence-corrected chi connectivity index (χ0v) is 21.1. The molecule has 1 amide bonds. The number of aryl methyl sites for hydroxylation is 2. The summed E-state index contributed by atoms with van der Waals surface area (Å²) in [5, 5.41) is 15.3. The summed E-state index contributed by atoms with van der Waals surface area (Å²) in [7, 11) is 0. The number of carbonyl (C=O) groups excluding carboxylic acids is 1. The Morgan fingerprint density at radius 3 is 2.62 bits per heavy atom. The number of nitrogens with zero attached hydrogens (tertiary/aromatic N) is 8. The van der Waals surface area contributed by atoms with Crippen LogP contribution in [0.25, 0.3) is 28.4 Å². The Balaban J connectivity index is 1.31. The lowest BCUT2D eigenvalue weighted by Crippen LogP contribution is -2.15. The van der Waals surface area contributed by atoms with Crippen molar-refractivity contribution in [3.63, 3.8) is 0 Å². The van der Waals surface area contributed by atoms with E-state index in [4.69, 9.17) is 0 Å². The van der Waals surface area contributed by atoms with Crippen molar-refractivity contribution in [3.8, 4) is 22.8 Å². The van der Waals surface area contributed by atoms with E-state index < -0.39 is 17.6 Å². The maximum Gasteiger partial charge on any atom is 0.416 e. The van der Waals surface area contributed by atoms with Gasteiger partial charge in [0.15, 0.2) is 5.65 Å². The highest BCUT2D eigenvalue weighted by molar-refractivity contribution is 6.04. The standard InChI is InChI=1S/C27H20F3N9O/c1-16-5-6-18(8-23(16)38-14-22(35-36-38)24-12-31-25-4-3-7-33-39(24)25)26(40)34-20-9-19(27(28,29)30)10-21(11-20)37-13-17(2)32-15-37/h3-15H,1-2H3,(H,34,40). The molecule has 0 aliphatic carbocycles. The second kappa shape index (κ2) is 9.45. The Labute approximate surface area is 224 Å². The van der Waals surface area contributed by atoms with Gasteiger partial charge in [0.1, 0.15) is 11.4 Å². The molecule has 0 saturated carbocycles. The van der Waals surface area contributed by atoms with Gasteiger partial charge in [0, 0.05) is 29.3 Å². The van der Waals surface area contributed by atoms with Crippen LogP contribution in [0.15, 0.2) is 79.6 Å². The van der Waals surface area contributed by atoms with Crippen molar-refractivity contribution in [2.24, 2.45) is 0 Å². The number of hydrogen-bond donors (Lipinski definition) is 1. The van der Waals surface area contributed by atoms with Crippen LogP contribution in [0.2, 0.25) is 0 Å². The molecule has 1 N–H and O–H groups in total. The molecule has 0 aliphatic heterocycles. The summed E-state index contributed by atoms with van der Waals surface area (Å²) in [4.78, 5) is 21.6. The number of fused-ring (bicyclic) bond motifs is 1. The van der Waals surface area contributed by atoms with Gasteiger partial charge in [0.2, 0.25) is 0 Å². The van der Waals surface area contributed by atoms with Crippen LogP contribution in [0.1, 0.15) is 27.2 Å². The van der Waals surface area contributed by atoms with Gasteiger partial charge in [-0.3, -0.25) is 4.79 Å². The number of aromatic nitrogens is 8. The molecule has 6 rings (SSSR count). The zero-order chi connectivity index (χ0) is 28.0. The predicted octanol–water partition coefficient (Wildman–Crippen LogP) is 5.05. The fourth-order valence-electron chi connectivity index (χ4n) is 4.26. The number of amides is 1. The Morgan fingerprint density at radius 1 is 1.00 bits per heavy atom. The number of rotatable bonds is 5. The van der Waals surface area contributed by atoms with Crippen LogP contribution in [0.3, 0.4) is 0 Å². The first-order valence-corrected chi connectivity index (χ1v) is 12.0. The third kappa shape index (κ3) is 4.68. The summed E-state index contributed by atoms with van der Waals surface area (Å²) in [5.74, 6) is -0.584. The van der Waals surface area contributed by atoms with E-state index in [1.807, 2.05) is 13.0 Å². The zero-order valence-electron chi connectivity index (χ0n) is 21.1. The minimum Gasteiger partial charge on any atom is -0.322 e. The minimum atomic E-state index is -4.61. The first kappa shape index (κ1) is 25.0. The summed E-state index contributed by atoms with van der Waals surface area (Å²) in [6.07, 6.45) is 3.37. The fourth-order valence-corrected chi connectivity index (χ4v) is 4.26. The van der Waals surface area contributed by atoms with Crippen molar-refractivity contribution in [1.29, 1.82) is 0 Å². The second-order valence-electron chi connectivity index (χ2n) is 9.13. The van der Waals surface area contributed by atoms with Gasteiger partial charge >= 0.3 is 6.18 Å². The number of carbonyl (C=O) groups is 1. The Morgan fingerprint density at radius 2 is 1.85 bits per heavy atom. The molecule has 40 heavy (non-hydrogen) atoms. The maximum atomic E-state index is 13.6. The first-order valence-electron chi connectivity index (χ1n) is 12.0. The van der Waals surface area contributed by atoms with Gasteiger partial charge in [-0.05, 0) is 61.9 Å². The number of anilines is 1. The van der Waals surface area contributed by atoms with E-state index in [0.29, 0.717) is 28.4 Å². The second-order valence-corrected chi connectivity index (χ2v) is 9.13. The molecule has 0 spiro atoms. The molecule has 0 radical (unpaired) electrons. The van der Waals surface area contributed by atoms with Crippen LogP contribution in [0, 0.1) is 13.8 Å². The van der Waals surface area contributed by atoms with E-state index >= 15 is 0 Å². The summed E-state index contributed by atoms with van der Waals surface area (Å²) >= 11 is 0. The number of nitrogens with one attached hydrogen (secondary N) is 1. The summed E-state index contributed by atoms with van der Waals surface area (Å²) in [5.41, 5.74) is 3.38. The third-order valence-corrected chi connectivity index (χ3v) is 6.26. The van der Waals surface area contributed by atoms with Crippen molar-refractivity contribution >= 4 is 17.2 Å². The fraction of sp³-hybridized carbons (Fsp3) is 0.111. The van der Waals surface area contributed by atoms with Gasteiger partial charge in [0.25, 0.3) is 5.91 Å². The highest BCUT2D eigenvalue weighted by Gasteiger charge is 2.31. The van der Waals surface area contributed by atoms with Gasteiger partial charge in [-0.15, -0.1) is 5.10 Å². The van der Waals surface area contributed by atoms with Gasteiger partial charge in [0.05, 0.1) is 35.7 Å². The van der Waals surface area contributed by atoms with Crippen LogP contribution in [-0.2, 0) is 6.18 Å². The van der Waals surface area contributed by atoms with Crippen LogP contribution in [-0.4, -0.2) is 45.1 Å². The smallest absolute Gasteiger partial charge is 0.322 e. The normalized spacial score (nSPS) is 11.7. The van der Waals surface area contributed by atoms with Gasteiger partial charge in [-0.1, -0.05) is 11.3 Å². The van der Waals surface area contributed by atoms with Crippen LogP contribution < -0.4 is 5.32 Å². The van der Waals surface area contributed by atoms with Crippen LogP contribution in [0.5, 0.6) is 0 Å². The highest BCUT2D eigenvalue weighted by Crippen LogP contribution is 2.33. The van der Waals surface area contributed by atoms with Gasteiger partial charge in [-0.25, -0.2) is 19.2 Å².